The van der Waals surface area contributed by atoms with Gasteiger partial charge in [-0.2, -0.15) is 8.78 Å². The second kappa shape index (κ2) is 7.04. The number of rotatable bonds is 7. The van der Waals surface area contributed by atoms with Crippen molar-refractivity contribution in [3.05, 3.63) is 23.8 Å². The first-order valence-electron chi connectivity index (χ1n) is 5.86. The number of ether oxygens (including phenoxy) is 2. The Balaban J connectivity index is 3.12. The van der Waals surface area contributed by atoms with E-state index in [9.17, 15) is 13.6 Å². The van der Waals surface area contributed by atoms with Crippen molar-refractivity contribution in [2.24, 2.45) is 0 Å². The molecule has 0 aliphatic carbocycles. The van der Waals surface area contributed by atoms with Crippen molar-refractivity contribution < 1.29 is 28.2 Å². The van der Waals surface area contributed by atoms with E-state index >= 15 is 0 Å². The highest BCUT2D eigenvalue weighted by molar-refractivity contribution is 5.68. The summed E-state index contributed by atoms with van der Waals surface area (Å²) in [5.74, 6) is -0.921. The molecule has 0 heterocycles. The Morgan fingerprint density at radius 2 is 2.00 bits per heavy atom. The van der Waals surface area contributed by atoms with Gasteiger partial charge in [-0.15, -0.1) is 0 Å². The average Bonchev–Trinajstić information content (AvgIpc) is 2.34. The molecule has 0 radical (unpaired) electrons. The molecule has 0 fully saturated rings. The van der Waals surface area contributed by atoms with Gasteiger partial charge in [0.05, 0.1) is 13.5 Å². The monoisotopic (exact) mass is 289 g/mol. The van der Waals surface area contributed by atoms with Gasteiger partial charge in [0.15, 0.2) is 11.5 Å². The van der Waals surface area contributed by atoms with Gasteiger partial charge in [0.1, 0.15) is 0 Å². The van der Waals surface area contributed by atoms with Crippen molar-refractivity contribution in [2.75, 3.05) is 21.2 Å². The summed E-state index contributed by atoms with van der Waals surface area (Å²) >= 11 is 0. The normalized spacial score (nSPS) is 12.6. The molecule has 0 bridgehead atoms. The zero-order valence-corrected chi connectivity index (χ0v) is 11.5. The third-order valence-corrected chi connectivity index (χ3v) is 2.78. The topological polar surface area (TPSA) is 59.0 Å². The van der Waals surface area contributed by atoms with Crippen LogP contribution in [0.5, 0.6) is 11.5 Å². The number of aliphatic carboxylic acids is 1. The number of carbonyl (C=O) groups is 1. The molecule has 112 valence electrons. The molecule has 1 aromatic rings. The summed E-state index contributed by atoms with van der Waals surface area (Å²) in [6.45, 7) is -2.98. The SMILES string of the molecule is COc1ccc(C(CC(=O)O)N(C)C)cc1OC(F)F. The molecule has 5 nitrogen and oxygen atoms in total. The van der Waals surface area contributed by atoms with E-state index in [2.05, 4.69) is 4.74 Å². The predicted octanol–water partition coefficient (Wildman–Crippen LogP) is 2.37. The summed E-state index contributed by atoms with van der Waals surface area (Å²) in [7, 11) is 4.77. The van der Waals surface area contributed by atoms with Gasteiger partial charge >= 0.3 is 12.6 Å². The van der Waals surface area contributed by atoms with Crippen molar-refractivity contribution in [3.8, 4) is 11.5 Å². The highest BCUT2D eigenvalue weighted by Gasteiger charge is 2.20. The van der Waals surface area contributed by atoms with E-state index in [1.54, 1.807) is 25.1 Å². The molecular weight excluding hydrogens is 272 g/mol. The van der Waals surface area contributed by atoms with Crippen molar-refractivity contribution in [3.63, 3.8) is 0 Å². The van der Waals surface area contributed by atoms with Crippen molar-refractivity contribution in [2.45, 2.75) is 19.1 Å². The second-order valence-electron chi connectivity index (χ2n) is 4.37. The lowest BCUT2D eigenvalue weighted by Crippen LogP contribution is -2.22. The van der Waals surface area contributed by atoms with Crippen LogP contribution in [0.3, 0.4) is 0 Å². The fourth-order valence-corrected chi connectivity index (χ4v) is 1.85. The van der Waals surface area contributed by atoms with Gasteiger partial charge in [-0.05, 0) is 31.8 Å². The number of methoxy groups -OCH3 is 1. The molecule has 0 saturated carbocycles. The standard InChI is InChI=1S/C13H17F2NO4/c1-16(2)9(7-12(17)18)8-4-5-10(19-3)11(6-8)20-13(14)15/h4-6,9,13H,7H2,1-3H3,(H,17,18). The fraction of sp³-hybridized carbons (Fsp3) is 0.462. The molecule has 0 aliphatic rings. The summed E-state index contributed by atoms with van der Waals surface area (Å²) in [6, 6.07) is 4.04. The molecule has 1 rings (SSSR count). The number of alkyl halides is 2. The molecule has 20 heavy (non-hydrogen) atoms. The van der Waals surface area contributed by atoms with Crippen molar-refractivity contribution in [1.29, 1.82) is 0 Å². The van der Waals surface area contributed by atoms with Crippen LogP contribution >= 0.6 is 0 Å². The number of carboxylic acids is 1. The van der Waals surface area contributed by atoms with Crippen LogP contribution in [0.15, 0.2) is 18.2 Å². The largest absolute Gasteiger partial charge is 0.493 e. The van der Waals surface area contributed by atoms with Crippen LogP contribution in [0.2, 0.25) is 0 Å². The van der Waals surface area contributed by atoms with Crippen LogP contribution in [0.25, 0.3) is 0 Å². The Bertz CT molecular complexity index is 466. The van der Waals surface area contributed by atoms with Gasteiger partial charge in [0, 0.05) is 6.04 Å². The molecule has 0 amide bonds. The smallest absolute Gasteiger partial charge is 0.387 e. The van der Waals surface area contributed by atoms with Gasteiger partial charge in [-0.25, -0.2) is 0 Å². The molecule has 7 heteroatoms. The van der Waals surface area contributed by atoms with E-state index < -0.39 is 18.6 Å². The average molecular weight is 289 g/mol. The van der Waals surface area contributed by atoms with E-state index in [0.717, 1.165) is 0 Å². The minimum atomic E-state index is -2.98. The van der Waals surface area contributed by atoms with E-state index in [0.29, 0.717) is 5.56 Å². The van der Waals surface area contributed by atoms with E-state index in [-0.39, 0.29) is 17.9 Å². The van der Waals surface area contributed by atoms with Gasteiger partial charge in [-0.1, -0.05) is 6.07 Å². The highest BCUT2D eigenvalue weighted by Crippen LogP contribution is 2.33. The van der Waals surface area contributed by atoms with E-state index in [1.165, 1.54) is 19.2 Å². The maximum absolute atomic E-state index is 12.4. The zero-order valence-electron chi connectivity index (χ0n) is 11.5. The predicted molar refractivity (Wildman–Crippen MR) is 68.3 cm³/mol. The van der Waals surface area contributed by atoms with Gasteiger partial charge in [0.2, 0.25) is 0 Å². The Labute approximate surface area is 115 Å². The van der Waals surface area contributed by atoms with Crippen LogP contribution in [0.1, 0.15) is 18.0 Å². The second-order valence-corrected chi connectivity index (χ2v) is 4.37. The van der Waals surface area contributed by atoms with Gasteiger partial charge in [0.25, 0.3) is 0 Å². The first kappa shape index (κ1) is 16.2. The molecule has 0 aliphatic heterocycles. The molecule has 1 unspecified atom stereocenters. The van der Waals surface area contributed by atoms with Crippen molar-refractivity contribution in [1.82, 2.24) is 4.90 Å². The summed E-state index contributed by atoms with van der Waals surface area (Å²) in [4.78, 5) is 12.6. The molecule has 0 aromatic heterocycles. The van der Waals surface area contributed by atoms with Crippen LogP contribution in [0, 0.1) is 0 Å². The zero-order chi connectivity index (χ0) is 15.3. The Kier molecular flexibility index (Phi) is 5.69. The third-order valence-electron chi connectivity index (χ3n) is 2.78. The van der Waals surface area contributed by atoms with Gasteiger partial charge < -0.3 is 19.5 Å². The molecule has 1 aromatic carbocycles. The molecule has 1 N–H and O–H groups in total. The first-order chi connectivity index (χ1) is 9.35. The van der Waals surface area contributed by atoms with Gasteiger partial charge in [-0.3, -0.25) is 4.79 Å². The maximum atomic E-state index is 12.4. The van der Waals surface area contributed by atoms with Crippen LogP contribution in [0.4, 0.5) is 8.78 Å². The lowest BCUT2D eigenvalue weighted by molar-refractivity contribution is -0.138. The summed E-state index contributed by atoms with van der Waals surface area (Å²) < 4.78 is 34.0. The van der Waals surface area contributed by atoms with Crippen LogP contribution in [-0.2, 0) is 4.79 Å². The number of carboxylic acid groups (broad SMARTS) is 1. The Morgan fingerprint density at radius 3 is 2.45 bits per heavy atom. The summed E-state index contributed by atoms with van der Waals surface area (Å²) in [5, 5.41) is 8.91. The van der Waals surface area contributed by atoms with Crippen molar-refractivity contribution >= 4 is 5.97 Å². The number of halogens is 2. The molecule has 1 atom stereocenters. The number of benzene rings is 1. The molecule has 0 saturated heterocycles. The Morgan fingerprint density at radius 1 is 1.35 bits per heavy atom. The third kappa shape index (κ3) is 4.34. The summed E-state index contributed by atoms with van der Waals surface area (Å²) in [6.07, 6.45) is -0.145. The van der Waals surface area contributed by atoms with E-state index in [4.69, 9.17) is 9.84 Å². The Hall–Kier alpha value is -1.89. The number of nitrogens with zero attached hydrogens (tertiary/aromatic N) is 1. The quantitative estimate of drug-likeness (QED) is 0.835. The minimum absolute atomic E-state index is 0.114. The lowest BCUT2D eigenvalue weighted by atomic mass is 10.0. The fourth-order valence-electron chi connectivity index (χ4n) is 1.85. The maximum Gasteiger partial charge on any atom is 0.387 e. The lowest BCUT2D eigenvalue weighted by Gasteiger charge is -2.24. The molecule has 0 spiro atoms. The van der Waals surface area contributed by atoms with Crippen LogP contribution in [-0.4, -0.2) is 43.8 Å². The number of hydrogen-bond acceptors (Lipinski definition) is 4. The van der Waals surface area contributed by atoms with E-state index in [1.807, 2.05) is 0 Å². The number of hydrogen-bond donors (Lipinski definition) is 1. The summed E-state index contributed by atoms with van der Waals surface area (Å²) in [5.41, 5.74) is 0.564. The molecular formula is C13H17F2NO4. The minimum Gasteiger partial charge on any atom is -0.493 e. The first-order valence-corrected chi connectivity index (χ1v) is 5.86. The van der Waals surface area contributed by atoms with Crippen LogP contribution < -0.4 is 9.47 Å². The highest BCUT2D eigenvalue weighted by atomic mass is 19.3.